The SMILES string of the molecule is NC(=O)CCCNC(=O)C1NCCc2ccccc21. The molecular formula is C14H19N3O2. The molecule has 0 saturated carbocycles. The van der Waals surface area contributed by atoms with E-state index in [1.165, 1.54) is 5.56 Å². The van der Waals surface area contributed by atoms with E-state index in [1.807, 2.05) is 18.2 Å². The summed E-state index contributed by atoms with van der Waals surface area (Å²) in [5.74, 6) is -0.382. The first-order valence-corrected chi connectivity index (χ1v) is 6.55. The Balaban J connectivity index is 1.92. The van der Waals surface area contributed by atoms with Crippen molar-refractivity contribution in [3.63, 3.8) is 0 Å². The molecule has 0 aromatic heterocycles. The van der Waals surface area contributed by atoms with Crippen LogP contribution in [0.5, 0.6) is 0 Å². The molecule has 1 atom stereocenters. The summed E-state index contributed by atoms with van der Waals surface area (Å²) in [5.41, 5.74) is 7.31. The Hall–Kier alpha value is -1.88. The van der Waals surface area contributed by atoms with Crippen LogP contribution in [0.4, 0.5) is 0 Å². The molecule has 0 spiro atoms. The van der Waals surface area contributed by atoms with E-state index >= 15 is 0 Å². The van der Waals surface area contributed by atoms with E-state index in [4.69, 9.17) is 5.73 Å². The van der Waals surface area contributed by atoms with Crippen LogP contribution in [0, 0.1) is 0 Å². The van der Waals surface area contributed by atoms with E-state index < -0.39 is 0 Å². The standard InChI is InChI=1S/C14H19N3O2/c15-12(18)6-3-8-17-14(19)13-11-5-2-1-4-10(11)7-9-16-13/h1-2,4-5,13,16H,3,6-9H2,(H2,15,18)(H,17,19). The average molecular weight is 261 g/mol. The van der Waals surface area contributed by atoms with Crippen molar-refractivity contribution >= 4 is 11.8 Å². The van der Waals surface area contributed by atoms with Crippen LogP contribution in [0.25, 0.3) is 0 Å². The van der Waals surface area contributed by atoms with Gasteiger partial charge in [-0.3, -0.25) is 9.59 Å². The number of carbonyl (C=O) groups excluding carboxylic acids is 2. The van der Waals surface area contributed by atoms with Crippen molar-refractivity contribution in [2.75, 3.05) is 13.1 Å². The molecule has 0 fully saturated rings. The first-order valence-electron chi connectivity index (χ1n) is 6.55. The molecule has 2 rings (SSSR count). The summed E-state index contributed by atoms with van der Waals surface area (Å²) in [4.78, 5) is 22.7. The number of benzene rings is 1. The van der Waals surface area contributed by atoms with Gasteiger partial charge in [-0.25, -0.2) is 0 Å². The zero-order chi connectivity index (χ0) is 13.7. The van der Waals surface area contributed by atoms with Gasteiger partial charge in [-0.1, -0.05) is 24.3 Å². The zero-order valence-corrected chi connectivity index (χ0v) is 10.8. The quantitative estimate of drug-likeness (QED) is 0.664. The monoisotopic (exact) mass is 261 g/mol. The van der Waals surface area contributed by atoms with E-state index in [1.54, 1.807) is 0 Å². The fourth-order valence-corrected chi connectivity index (χ4v) is 2.31. The van der Waals surface area contributed by atoms with E-state index in [0.717, 1.165) is 18.5 Å². The number of fused-ring (bicyclic) bond motifs is 1. The van der Waals surface area contributed by atoms with Gasteiger partial charge in [-0.2, -0.15) is 0 Å². The lowest BCUT2D eigenvalue weighted by molar-refractivity contribution is -0.124. The number of carbonyl (C=O) groups is 2. The predicted molar refractivity (Wildman–Crippen MR) is 72.3 cm³/mol. The fraction of sp³-hybridized carbons (Fsp3) is 0.429. The number of hydrogen-bond acceptors (Lipinski definition) is 3. The fourth-order valence-electron chi connectivity index (χ4n) is 2.31. The van der Waals surface area contributed by atoms with Crippen LogP contribution in [0.15, 0.2) is 24.3 Å². The molecule has 1 aliphatic heterocycles. The van der Waals surface area contributed by atoms with Crippen LogP contribution < -0.4 is 16.4 Å². The Kier molecular flexibility index (Phi) is 4.52. The van der Waals surface area contributed by atoms with Gasteiger partial charge in [0.2, 0.25) is 11.8 Å². The van der Waals surface area contributed by atoms with Crippen LogP contribution in [0.3, 0.4) is 0 Å². The lowest BCUT2D eigenvalue weighted by Gasteiger charge is -2.26. The molecule has 0 radical (unpaired) electrons. The smallest absolute Gasteiger partial charge is 0.241 e. The summed E-state index contributed by atoms with van der Waals surface area (Å²) >= 11 is 0. The van der Waals surface area contributed by atoms with Gasteiger partial charge in [0.25, 0.3) is 0 Å². The highest BCUT2D eigenvalue weighted by Crippen LogP contribution is 2.22. The highest BCUT2D eigenvalue weighted by molar-refractivity contribution is 5.84. The van der Waals surface area contributed by atoms with Crippen molar-refractivity contribution < 1.29 is 9.59 Å². The minimum absolute atomic E-state index is 0.0448. The third-order valence-corrected chi connectivity index (χ3v) is 3.27. The Morgan fingerprint density at radius 1 is 1.37 bits per heavy atom. The molecule has 4 N–H and O–H groups in total. The summed E-state index contributed by atoms with van der Waals surface area (Å²) < 4.78 is 0. The third kappa shape index (κ3) is 3.54. The van der Waals surface area contributed by atoms with Crippen LogP contribution in [-0.4, -0.2) is 24.9 Å². The molecule has 19 heavy (non-hydrogen) atoms. The molecule has 0 bridgehead atoms. The van der Waals surface area contributed by atoms with Gasteiger partial charge in [0, 0.05) is 19.5 Å². The van der Waals surface area contributed by atoms with Crippen LogP contribution in [0.2, 0.25) is 0 Å². The number of hydrogen-bond donors (Lipinski definition) is 3. The first kappa shape index (κ1) is 13.5. The third-order valence-electron chi connectivity index (χ3n) is 3.27. The summed E-state index contributed by atoms with van der Waals surface area (Å²) in [6.07, 6.45) is 1.83. The van der Waals surface area contributed by atoms with Crippen molar-refractivity contribution in [2.45, 2.75) is 25.3 Å². The van der Waals surface area contributed by atoms with Gasteiger partial charge in [0.1, 0.15) is 6.04 Å². The second-order valence-corrected chi connectivity index (χ2v) is 4.70. The normalized spacial score (nSPS) is 17.6. The summed E-state index contributed by atoms with van der Waals surface area (Å²) in [6, 6.07) is 7.68. The van der Waals surface area contributed by atoms with Gasteiger partial charge in [-0.05, 0) is 24.0 Å². The van der Waals surface area contributed by atoms with Gasteiger partial charge in [-0.15, -0.1) is 0 Å². The van der Waals surface area contributed by atoms with Crippen molar-refractivity contribution in [2.24, 2.45) is 5.73 Å². The van der Waals surface area contributed by atoms with Crippen LogP contribution in [-0.2, 0) is 16.0 Å². The highest BCUT2D eigenvalue weighted by atomic mass is 16.2. The second-order valence-electron chi connectivity index (χ2n) is 4.70. The molecule has 1 unspecified atom stereocenters. The topological polar surface area (TPSA) is 84.2 Å². The van der Waals surface area contributed by atoms with Crippen molar-refractivity contribution in [1.82, 2.24) is 10.6 Å². The Labute approximate surface area is 112 Å². The second kappa shape index (κ2) is 6.33. The lowest BCUT2D eigenvalue weighted by Crippen LogP contribution is -2.41. The number of nitrogens with one attached hydrogen (secondary N) is 2. The number of rotatable bonds is 5. The van der Waals surface area contributed by atoms with Gasteiger partial charge >= 0.3 is 0 Å². The average Bonchev–Trinajstić information content (AvgIpc) is 2.42. The molecule has 0 aliphatic carbocycles. The molecule has 5 nitrogen and oxygen atoms in total. The Morgan fingerprint density at radius 3 is 2.95 bits per heavy atom. The number of primary amides is 1. The maximum absolute atomic E-state index is 12.1. The van der Waals surface area contributed by atoms with Crippen molar-refractivity contribution in [3.8, 4) is 0 Å². The molecule has 5 heteroatoms. The van der Waals surface area contributed by atoms with E-state index in [-0.39, 0.29) is 17.9 Å². The van der Waals surface area contributed by atoms with Gasteiger partial charge in [0.15, 0.2) is 0 Å². The van der Waals surface area contributed by atoms with Crippen molar-refractivity contribution in [3.05, 3.63) is 35.4 Å². The van der Waals surface area contributed by atoms with Gasteiger partial charge < -0.3 is 16.4 Å². The molecule has 1 aromatic carbocycles. The molecule has 1 heterocycles. The maximum Gasteiger partial charge on any atom is 0.241 e. The Bertz CT molecular complexity index is 474. The zero-order valence-electron chi connectivity index (χ0n) is 10.8. The number of nitrogens with two attached hydrogens (primary N) is 1. The number of amides is 2. The summed E-state index contributed by atoms with van der Waals surface area (Å²) in [7, 11) is 0. The minimum Gasteiger partial charge on any atom is -0.370 e. The molecule has 102 valence electrons. The van der Waals surface area contributed by atoms with Crippen molar-refractivity contribution in [1.29, 1.82) is 0 Å². The molecular weight excluding hydrogens is 242 g/mol. The molecule has 1 aromatic rings. The lowest BCUT2D eigenvalue weighted by atomic mass is 9.94. The van der Waals surface area contributed by atoms with E-state index in [2.05, 4.69) is 16.7 Å². The Morgan fingerprint density at radius 2 is 2.16 bits per heavy atom. The highest BCUT2D eigenvalue weighted by Gasteiger charge is 2.25. The molecule has 2 amide bonds. The summed E-state index contributed by atoms with van der Waals surface area (Å²) in [5, 5.41) is 6.06. The summed E-state index contributed by atoms with van der Waals surface area (Å²) in [6.45, 7) is 1.28. The van der Waals surface area contributed by atoms with E-state index in [9.17, 15) is 9.59 Å². The molecule has 1 aliphatic rings. The van der Waals surface area contributed by atoms with Crippen LogP contribution >= 0.6 is 0 Å². The van der Waals surface area contributed by atoms with Crippen LogP contribution in [0.1, 0.15) is 30.0 Å². The maximum atomic E-state index is 12.1. The molecule has 0 saturated heterocycles. The largest absolute Gasteiger partial charge is 0.370 e. The van der Waals surface area contributed by atoms with Gasteiger partial charge in [0.05, 0.1) is 0 Å². The first-order chi connectivity index (χ1) is 9.18. The van der Waals surface area contributed by atoms with E-state index in [0.29, 0.717) is 19.4 Å². The minimum atomic E-state index is -0.338. The predicted octanol–water partition coefficient (Wildman–Crippen LogP) is 0.255.